The van der Waals surface area contributed by atoms with E-state index in [-0.39, 0.29) is 17.8 Å². The molecule has 5 heteroatoms. The first-order valence-corrected chi connectivity index (χ1v) is 7.24. The van der Waals surface area contributed by atoms with Gasteiger partial charge < -0.3 is 5.32 Å². The lowest BCUT2D eigenvalue weighted by Gasteiger charge is -2.33. The Balaban J connectivity index is 0.00000162. The Morgan fingerprint density at radius 1 is 1.50 bits per heavy atom. The number of piperazine rings is 1. The second-order valence-corrected chi connectivity index (χ2v) is 6.78. The van der Waals surface area contributed by atoms with Crippen molar-refractivity contribution in [3.63, 3.8) is 0 Å². The van der Waals surface area contributed by atoms with E-state index in [4.69, 9.17) is 4.98 Å². The standard InChI is InChI=1S/C13H23N3S.ClH/c1-10-7-14-5-6-16(10)8-11-9-17-12(15-11)13(2,3)4;/h9-10,14H,5-8H2,1-4H3;1H/t10-;/m0./s1. The summed E-state index contributed by atoms with van der Waals surface area (Å²) >= 11 is 1.79. The molecule has 0 bridgehead atoms. The summed E-state index contributed by atoms with van der Waals surface area (Å²) in [6, 6.07) is 0.614. The Labute approximate surface area is 120 Å². The highest BCUT2D eigenvalue weighted by molar-refractivity contribution is 7.09. The second kappa shape index (κ2) is 6.33. The van der Waals surface area contributed by atoms with Crippen molar-refractivity contribution in [1.29, 1.82) is 0 Å². The maximum absolute atomic E-state index is 4.77. The van der Waals surface area contributed by atoms with Gasteiger partial charge in [-0.15, -0.1) is 23.7 Å². The molecule has 1 aromatic rings. The van der Waals surface area contributed by atoms with Gasteiger partial charge in [0.25, 0.3) is 0 Å². The zero-order valence-corrected chi connectivity index (χ0v) is 13.3. The predicted octanol–water partition coefficient (Wildman–Crippen LogP) is 2.66. The fourth-order valence-electron chi connectivity index (χ4n) is 2.05. The molecule has 0 saturated carbocycles. The van der Waals surface area contributed by atoms with Gasteiger partial charge in [-0.05, 0) is 6.92 Å². The van der Waals surface area contributed by atoms with Crippen molar-refractivity contribution in [2.45, 2.75) is 45.7 Å². The highest BCUT2D eigenvalue weighted by atomic mass is 35.5. The van der Waals surface area contributed by atoms with Crippen molar-refractivity contribution in [3.8, 4) is 0 Å². The SMILES string of the molecule is C[C@H]1CNCCN1Cc1csc(C(C)(C)C)n1.Cl. The lowest BCUT2D eigenvalue weighted by molar-refractivity contribution is 0.164. The fraction of sp³-hybridized carbons (Fsp3) is 0.769. The molecule has 2 heterocycles. The largest absolute Gasteiger partial charge is 0.314 e. The van der Waals surface area contributed by atoms with Gasteiger partial charge in [-0.3, -0.25) is 4.90 Å². The van der Waals surface area contributed by atoms with Gasteiger partial charge in [-0.25, -0.2) is 4.98 Å². The smallest absolute Gasteiger partial charge is 0.0982 e. The Morgan fingerprint density at radius 2 is 2.22 bits per heavy atom. The molecular formula is C13H24ClN3S. The molecule has 3 nitrogen and oxygen atoms in total. The molecule has 0 radical (unpaired) electrons. The van der Waals surface area contributed by atoms with E-state index in [9.17, 15) is 0 Å². The molecule has 1 aliphatic rings. The molecule has 104 valence electrons. The number of nitrogens with zero attached hydrogens (tertiary/aromatic N) is 2. The van der Waals surface area contributed by atoms with Crippen LogP contribution in [0.15, 0.2) is 5.38 Å². The summed E-state index contributed by atoms with van der Waals surface area (Å²) < 4.78 is 0. The third-order valence-corrected chi connectivity index (χ3v) is 4.51. The molecule has 2 rings (SSSR count). The molecule has 1 aliphatic heterocycles. The van der Waals surface area contributed by atoms with Crippen LogP contribution in [0, 0.1) is 0 Å². The summed E-state index contributed by atoms with van der Waals surface area (Å²) in [5, 5.41) is 6.88. The van der Waals surface area contributed by atoms with Gasteiger partial charge in [0.05, 0.1) is 10.7 Å². The van der Waals surface area contributed by atoms with E-state index in [0.29, 0.717) is 6.04 Å². The van der Waals surface area contributed by atoms with Crippen LogP contribution in [-0.4, -0.2) is 35.6 Å². The first-order valence-electron chi connectivity index (χ1n) is 6.36. The number of aromatic nitrogens is 1. The molecule has 1 saturated heterocycles. The van der Waals surface area contributed by atoms with Gasteiger partial charge in [-0.2, -0.15) is 0 Å². The maximum atomic E-state index is 4.77. The Kier molecular flexibility index (Phi) is 5.59. The summed E-state index contributed by atoms with van der Waals surface area (Å²) in [6.45, 7) is 13.3. The summed E-state index contributed by atoms with van der Waals surface area (Å²) in [4.78, 5) is 7.28. The van der Waals surface area contributed by atoms with Gasteiger partial charge in [0.15, 0.2) is 0 Å². The topological polar surface area (TPSA) is 28.2 Å². The van der Waals surface area contributed by atoms with Crippen molar-refractivity contribution >= 4 is 23.7 Å². The monoisotopic (exact) mass is 289 g/mol. The molecule has 0 spiro atoms. The Bertz CT molecular complexity index is 373. The van der Waals surface area contributed by atoms with Crippen molar-refractivity contribution in [2.24, 2.45) is 0 Å². The highest BCUT2D eigenvalue weighted by Gasteiger charge is 2.21. The molecule has 0 amide bonds. The summed E-state index contributed by atoms with van der Waals surface area (Å²) in [5.74, 6) is 0. The summed E-state index contributed by atoms with van der Waals surface area (Å²) in [5.41, 5.74) is 1.41. The quantitative estimate of drug-likeness (QED) is 0.907. The lowest BCUT2D eigenvalue weighted by atomic mass is 9.98. The maximum Gasteiger partial charge on any atom is 0.0982 e. The fourth-order valence-corrected chi connectivity index (χ4v) is 2.95. The molecule has 0 unspecified atom stereocenters. The van der Waals surface area contributed by atoms with E-state index in [0.717, 1.165) is 26.2 Å². The first kappa shape index (κ1) is 15.9. The van der Waals surface area contributed by atoms with Crippen molar-refractivity contribution in [1.82, 2.24) is 15.2 Å². The molecule has 1 N–H and O–H groups in total. The normalized spacial score (nSPS) is 21.7. The lowest BCUT2D eigenvalue weighted by Crippen LogP contribution is -2.49. The third kappa shape index (κ3) is 3.92. The molecule has 18 heavy (non-hydrogen) atoms. The van der Waals surface area contributed by atoms with Crippen LogP contribution in [0.4, 0.5) is 0 Å². The van der Waals surface area contributed by atoms with Gasteiger partial charge in [0, 0.05) is 43.0 Å². The van der Waals surface area contributed by atoms with E-state index < -0.39 is 0 Å². The number of hydrogen-bond donors (Lipinski definition) is 1. The molecule has 0 aromatic carbocycles. The van der Waals surface area contributed by atoms with Crippen LogP contribution < -0.4 is 5.32 Å². The minimum atomic E-state index is 0. The molecule has 1 fully saturated rings. The van der Waals surface area contributed by atoms with Crippen LogP contribution in [-0.2, 0) is 12.0 Å². The molecule has 1 atom stereocenters. The number of thiazole rings is 1. The zero-order valence-electron chi connectivity index (χ0n) is 11.7. The van der Waals surface area contributed by atoms with Crippen LogP contribution >= 0.6 is 23.7 Å². The van der Waals surface area contributed by atoms with Crippen molar-refractivity contribution < 1.29 is 0 Å². The Hall–Kier alpha value is -0.160. The van der Waals surface area contributed by atoms with E-state index in [1.165, 1.54) is 10.7 Å². The van der Waals surface area contributed by atoms with Gasteiger partial charge in [0.2, 0.25) is 0 Å². The van der Waals surface area contributed by atoms with Crippen molar-refractivity contribution in [3.05, 3.63) is 16.1 Å². The van der Waals surface area contributed by atoms with E-state index >= 15 is 0 Å². The third-order valence-electron chi connectivity index (χ3n) is 3.20. The van der Waals surface area contributed by atoms with Crippen LogP contribution in [0.1, 0.15) is 38.4 Å². The average Bonchev–Trinajstić information content (AvgIpc) is 2.69. The number of halogens is 1. The second-order valence-electron chi connectivity index (χ2n) is 5.92. The average molecular weight is 290 g/mol. The Morgan fingerprint density at radius 3 is 2.78 bits per heavy atom. The van der Waals surface area contributed by atoms with Crippen molar-refractivity contribution in [2.75, 3.05) is 19.6 Å². The highest BCUT2D eigenvalue weighted by Crippen LogP contribution is 2.26. The number of nitrogens with one attached hydrogen (secondary N) is 1. The zero-order chi connectivity index (χ0) is 12.5. The van der Waals surface area contributed by atoms with Crippen LogP contribution in [0.25, 0.3) is 0 Å². The first-order chi connectivity index (χ1) is 7.97. The van der Waals surface area contributed by atoms with Crippen LogP contribution in [0.5, 0.6) is 0 Å². The number of hydrogen-bond acceptors (Lipinski definition) is 4. The van der Waals surface area contributed by atoms with Gasteiger partial charge in [0.1, 0.15) is 0 Å². The number of rotatable bonds is 2. The van der Waals surface area contributed by atoms with E-state index in [1.54, 1.807) is 11.3 Å². The minimum absolute atomic E-state index is 0. The molecule has 1 aromatic heterocycles. The van der Waals surface area contributed by atoms with E-state index in [1.807, 2.05) is 0 Å². The summed E-state index contributed by atoms with van der Waals surface area (Å²) in [6.07, 6.45) is 0. The molecule has 0 aliphatic carbocycles. The van der Waals surface area contributed by atoms with Crippen LogP contribution in [0.3, 0.4) is 0 Å². The predicted molar refractivity (Wildman–Crippen MR) is 80.8 cm³/mol. The van der Waals surface area contributed by atoms with Gasteiger partial charge >= 0.3 is 0 Å². The molecular weight excluding hydrogens is 266 g/mol. The van der Waals surface area contributed by atoms with Gasteiger partial charge in [-0.1, -0.05) is 20.8 Å². The van der Waals surface area contributed by atoms with Crippen LogP contribution in [0.2, 0.25) is 0 Å². The summed E-state index contributed by atoms with van der Waals surface area (Å²) in [7, 11) is 0. The minimum Gasteiger partial charge on any atom is -0.314 e. The van der Waals surface area contributed by atoms with E-state index in [2.05, 4.69) is 43.3 Å².